The van der Waals surface area contributed by atoms with Crippen molar-refractivity contribution >= 4 is 0 Å². The Balaban J connectivity index is 2.45. The molecule has 0 heterocycles. The summed E-state index contributed by atoms with van der Waals surface area (Å²) in [6.07, 6.45) is 8.93. The maximum Gasteiger partial charge on any atom is 0.0712 e. The highest BCUT2D eigenvalue weighted by Gasteiger charge is 2.08. The molecule has 1 heteroatoms. The molecule has 1 rings (SSSR count). The maximum atomic E-state index is 9.05. The summed E-state index contributed by atoms with van der Waals surface area (Å²) in [6.45, 7) is 0. The van der Waals surface area contributed by atoms with Gasteiger partial charge >= 0.3 is 0 Å². The maximum absolute atomic E-state index is 9.05. The van der Waals surface area contributed by atoms with Crippen molar-refractivity contribution in [2.75, 3.05) is 0 Å². The number of rotatable bonds is 5. The number of nitriles is 1. The van der Waals surface area contributed by atoms with Crippen LogP contribution in [0.4, 0.5) is 0 Å². The van der Waals surface area contributed by atoms with E-state index in [2.05, 4.69) is 12.0 Å². The highest BCUT2D eigenvalue weighted by atomic mass is 14.3. The van der Waals surface area contributed by atoms with E-state index in [0.717, 1.165) is 31.2 Å². The highest BCUT2D eigenvalue weighted by Crippen LogP contribution is 2.21. The summed E-state index contributed by atoms with van der Waals surface area (Å²) in [7, 11) is 0. The molecule has 0 fully saturated rings. The van der Waals surface area contributed by atoms with E-state index < -0.39 is 0 Å². The summed E-state index contributed by atoms with van der Waals surface area (Å²) in [6, 6.07) is 12.3. The number of terminal acetylenes is 1. The monoisotopic (exact) mass is 197 g/mol. The first-order valence-corrected chi connectivity index (χ1v) is 5.26. The number of nitrogens with zero attached hydrogens (tertiary/aromatic N) is 1. The Kier molecular flexibility index (Phi) is 5.06. The first kappa shape index (κ1) is 11.3. The van der Waals surface area contributed by atoms with E-state index in [-0.39, 0.29) is 5.92 Å². The molecule has 1 atom stereocenters. The molecule has 0 aromatic heterocycles. The van der Waals surface area contributed by atoms with Crippen molar-refractivity contribution in [1.29, 1.82) is 5.26 Å². The normalized spacial score (nSPS) is 11.3. The van der Waals surface area contributed by atoms with Crippen molar-refractivity contribution in [3.8, 4) is 18.4 Å². The van der Waals surface area contributed by atoms with E-state index in [4.69, 9.17) is 11.7 Å². The van der Waals surface area contributed by atoms with Crippen LogP contribution in [0.5, 0.6) is 0 Å². The molecule has 0 radical (unpaired) electrons. The number of hydrogen-bond acceptors (Lipinski definition) is 1. The number of unbranched alkanes of at least 4 members (excludes halogenated alkanes) is 2. The van der Waals surface area contributed by atoms with Crippen LogP contribution in [0.3, 0.4) is 0 Å². The Morgan fingerprint density at radius 1 is 1.20 bits per heavy atom. The van der Waals surface area contributed by atoms with E-state index in [1.807, 2.05) is 30.3 Å². The van der Waals surface area contributed by atoms with Crippen LogP contribution < -0.4 is 0 Å². The third-order valence-corrected chi connectivity index (χ3v) is 2.42. The summed E-state index contributed by atoms with van der Waals surface area (Å²) in [4.78, 5) is 0. The largest absolute Gasteiger partial charge is 0.198 e. The fourth-order valence-corrected chi connectivity index (χ4v) is 1.57. The molecule has 0 bridgehead atoms. The Labute approximate surface area is 91.7 Å². The fraction of sp³-hybridized carbons (Fsp3) is 0.357. The molecule has 0 saturated carbocycles. The lowest BCUT2D eigenvalue weighted by molar-refractivity contribution is 0.653. The van der Waals surface area contributed by atoms with Crippen LogP contribution in [0.1, 0.15) is 37.2 Å². The molecule has 0 aliphatic carbocycles. The second-order valence-electron chi connectivity index (χ2n) is 3.54. The van der Waals surface area contributed by atoms with Gasteiger partial charge in [-0.05, 0) is 18.4 Å². The van der Waals surface area contributed by atoms with Gasteiger partial charge in [0.2, 0.25) is 0 Å². The molecule has 15 heavy (non-hydrogen) atoms. The second-order valence-corrected chi connectivity index (χ2v) is 3.54. The van der Waals surface area contributed by atoms with E-state index >= 15 is 0 Å². The summed E-state index contributed by atoms with van der Waals surface area (Å²) in [5.74, 6) is 2.63. The quantitative estimate of drug-likeness (QED) is 0.523. The highest BCUT2D eigenvalue weighted by molar-refractivity contribution is 5.24. The van der Waals surface area contributed by atoms with Gasteiger partial charge in [0.1, 0.15) is 0 Å². The predicted octanol–water partition coefficient (Wildman–Crippen LogP) is 3.49. The molecule has 0 aliphatic heterocycles. The van der Waals surface area contributed by atoms with E-state index in [1.54, 1.807) is 0 Å². The number of hydrogen-bond donors (Lipinski definition) is 0. The van der Waals surface area contributed by atoms with E-state index in [9.17, 15) is 0 Å². The summed E-state index contributed by atoms with van der Waals surface area (Å²) < 4.78 is 0. The minimum Gasteiger partial charge on any atom is -0.198 e. The van der Waals surface area contributed by atoms with Crippen molar-refractivity contribution in [2.24, 2.45) is 0 Å². The zero-order valence-corrected chi connectivity index (χ0v) is 8.82. The SMILES string of the molecule is C#CCCCCC(C#N)c1ccccc1. The van der Waals surface area contributed by atoms with Gasteiger partial charge in [0.15, 0.2) is 0 Å². The molecular weight excluding hydrogens is 182 g/mol. The minimum absolute atomic E-state index is 0.0176. The van der Waals surface area contributed by atoms with Crippen molar-refractivity contribution in [1.82, 2.24) is 0 Å². The molecule has 76 valence electrons. The zero-order valence-electron chi connectivity index (χ0n) is 8.82. The molecule has 1 nitrogen and oxygen atoms in total. The molecule has 0 N–H and O–H groups in total. The van der Waals surface area contributed by atoms with Crippen LogP contribution in [0.25, 0.3) is 0 Å². The first-order chi connectivity index (χ1) is 7.38. The van der Waals surface area contributed by atoms with E-state index in [1.165, 1.54) is 0 Å². The third kappa shape index (κ3) is 3.88. The van der Waals surface area contributed by atoms with Crippen molar-refractivity contribution in [3.05, 3.63) is 35.9 Å². The van der Waals surface area contributed by atoms with Crippen LogP contribution in [0, 0.1) is 23.7 Å². The minimum atomic E-state index is 0.0176. The Morgan fingerprint density at radius 3 is 2.53 bits per heavy atom. The Bertz CT molecular complexity index is 353. The molecule has 0 spiro atoms. The summed E-state index contributed by atoms with van der Waals surface area (Å²) in [5, 5.41) is 9.05. The molecular formula is C14H15N. The van der Waals surface area contributed by atoms with Gasteiger partial charge in [0.05, 0.1) is 12.0 Å². The van der Waals surface area contributed by atoms with Gasteiger partial charge in [-0.25, -0.2) is 0 Å². The van der Waals surface area contributed by atoms with Crippen LogP contribution >= 0.6 is 0 Å². The van der Waals surface area contributed by atoms with Gasteiger partial charge in [0.25, 0.3) is 0 Å². The van der Waals surface area contributed by atoms with Gasteiger partial charge < -0.3 is 0 Å². The molecule has 0 saturated heterocycles. The third-order valence-electron chi connectivity index (χ3n) is 2.42. The fourth-order valence-electron chi connectivity index (χ4n) is 1.57. The smallest absolute Gasteiger partial charge is 0.0712 e. The van der Waals surface area contributed by atoms with Gasteiger partial charge in [-0.15, -0.1) is 12.3 Å². The molecule has 1 unspecified atom stereocenters. The van der Waals surface area contributed by atoms with Gasteiger partial charge in [-0.3, -0.25) is 0 Å². The lowest BCUT2D eigenvalue weighted by Crippen LogP contribution is -1.95. The van der Waals surface area contributed by atoms with Crippen LogP contribution in [0.15, 0.2) is 30.3 Å². The molecule has 1 aromatic carbocycles. The average molecular weight is 197 g/mol. The van der Waals surface area contributed by atoms with Gasteiger partial charge in [-0.2, -0.15) is 5.26 Å². The lowest BCUT2D eigenvalue weighted by Gasteiger charge is -2.07. The number of benzene rings is 1. The van der Waals surface area contributed by atoms with Crippen molar-refractivity contribution in [3.63, 3.8) is 0 Å². The van der Waals surface area contributed by atoms with E-state index in [0.29, 0.717) is 0 Å². The Morgan fingerprint density at radius 2 is 1.93 bits per heavy atom. The average Bonchev–Trinajstić information content (AvgIpc) is 2.30. The van der Waals surface area contributed by atoms with Crippen molar-refractivity contribution < 1.29 is 0 Å². The van der Waals surface area contributed by atoms with Crippen LogP contribution in [0.2, 0.25) is 0 Å². The van der Waals surface area contributed by atoms with Gasteiger partial charge in [-0.1, -0.05) is 36.8 Å². The van der Waals surface area contributed by atoms with Crippen molar-refractivity contribution in [2.45, 2.75) is 31.6 Å². The van der Waals surface area contributed by atoms with Crippen LogP contribution in [-0.2, 0) is 0 Å². The zero-order chi connectivity index (χ0) is 10.9. The Hall–Kier alpha value is -1.73. The summed E-state index contributed by atoms with van der Waals surface area (Å²) in [5.41, 5.74) is 1.11. The predicted molar refractivity (Wildman–Crippen MR) is 62.1 cm³/mol. The molecule has 0 aliphatic rings. The topological polar surface area (TPSA) is 23.8 Å². The van der Waals surface area contributed by atoms with Gasteiger partial charge in [0, 0.05) is 6.42 Å². The molecule has 1 aromatic rings. The second kappa shape index (κ2) is 6.68. The first-order valence-electron chi connectivity index (χ1n) is 5.26. The molecule has 0 amide bonds. The van der Waals surface area contributed by atoms with Crippen LogP contribution in [-0.4, -0.2) is 0 Å². The lowest BCUT2D eigenvalue weighted by atomic mass is 9.95. The summed E-state index contributed by atoms with van der Waals surface area (Å²) >= 11 is 0. The standard InChI is InChI=1S/C14H15N/c1-2-3-4-6-11-14(12-15)13-9-7-5-8-10-13/h1,5,7-10,14H,3-4,6,11H2.